The van der Waals surface area contributed by atoms with Crippen molar-refractivity contribution in [1.29, 1.82) is 0 Å². The molecule has 3 heterocycles. The van der Waals surface area contributed by atoms with Crippen molar-refractivity contribution < 1.29 is 0 Å². The molecule has 138 valence electrons. The number of H-pyrrole nitrogens is 1. The average molecular weight is 401 g/mol. The van der Waals surface area contributed by atoms with E-state index in [1.807, 2.05) is 42.6 Å². The van der Waals surface area contributed by atoms with Gasteiger partial charge in [0, 0.05) is 21.7 Å². The van der Waals surface area contributed by atoms with Crippen molar-refractivity contribution in [3.05, 3.63) is 73.3 Å². The Morgan fingerprint density at radius 2 is 2.07 bits per heavy atom. The predicted octanol–water partition coefficient (Wildman–Crippen LogP) is 3.67. The molecule has 7 nitrogen and oxygen atoms in total. The summed E-state index contributed by atoms with van der Waals surface area (Å²) in [4.78, 5) is 22.4. The number of aromatic amines is 1. The smallest absolute Gasteiger partial charge is 0.274 e. The first-order valence-corrected chi connectivity index (χ1v) is 9.60. The molecule has 4 rings (SSSR count). The highest BCUT2D eigenvalue weighted by Crippen LogP contribution is 2.23. The Kier molecular flexibility index (Phi) is 4.83. The zero-order chi connectivity index (χ0) is 18.8. The van der Waals surface area contributed by atoms with Gasteiger partial charge in [-0.3, -0.25) is 9.89 Å². The summed E-state index contributed by atoms with van der Waals surface area (Å²) in [6.45, 7) is 2.97. The van der Waals surface area contributed by atoms with Gasteiger partial charge < -0.3 is 10.6 Å². The van der Waals surface area contributed by atoms with Crippen LogP contribution in [0.25, 0.3) is 5.78 Å². The van der Waals surface area contributed by atoms with Gasteiger partial charge in [0.25, 0.3) is 11.3 Å². The van der Waals surface area contributed by atoms with Gasteiger partial charge in [-0.1, -0.05) is 23.7 Å². The third-order valence-corrected chi connectivity index (χ3v) is 5.41. The number of rotatable bonds is 6. The number of anilines is 2. The van der Waals surface area contributed by atoms with E-state index in [0.29, 0.717) is 35.5 Å². The summed E-state index contributed by atoms with van der Waals surface area (Å²) in [5.74, 6) is 0.833. The number of nitrogens with zero attached hydrogens (tertiary/aromatic N) is 3. The summed E-state index contributed by atoms with van der Waals surface area (Å²) < 4.78 is 1.32. The van der Waals surface area contributed by atoms with Gasteiger partial charge >= 0.3 is 0 Å². The van der Waals surface area contributed by atoms with E-state index in [-0.39, 0.29) is 5.56 Å². The van der Waals surface area contributed by atoms with Crippen LogP contribution in [0.2, 0.25) is 5.02 Å². The summed E-state index contributed by atoms with van der Waals surface area (Å²) in [6.07, 6.45) is 0. The second kappa shape index (κ2) is 7.42. The van der Waals surface area contributed by atoms with Crippen LogP contribution in [0.15, 0.2) is 46.6 Å². The second-order valence-electron chi connectivity index (χ2n) is 5.99. The van der Waals surface area contributed by atoms with E-state index in [0.717, 1.165) is 11.3 Å². The van der Waals surface area contributed by atoms with Gasteiger partial charge in [0.05, 0.1) is 18.8 Å². The Bertz CT molecular complexity index is 1130. The summed E-state index contributed by atoms with van der Waals surface area (Å²) in [5.41, 5.74) is 2.26. The molecular formula is C18H17ClN6OS. The fourth-order valence-electron chi connectivity index (χ4n) is 2.67. The van der Waals surface area contributed by atoms with E-state index < -0.39 is 0 Å². The van der Waals surface area contributed by atoms with Crippen molar-refractivity contribution in [2.24, 2.45) is 0 Å². The third kappa shape index (κ3) is 3.81. The molecule has 3 N–H and O–H groups in total. The fourth-order valence-corrected chi connectivity index (χ4v) is 3.48. The van der Waals surface area contributed by atoms with Gasteiger partial charge in [0.15, 0.2) is 0 Å². The lowest BCUT2D eigenvalue weighted by atomic mass is 10.2. The van der Waals surface area contributed by atoms with Crippen LogP contribution in [0, 0.1) is 6.92 Å². The summed E-state index contributed by atoms with van der Waals surface area (Å²) in [5, 5.41) is 12.1. The quantitative estimate of drug-likeness (QED) is 0.459. The van der Waals surface area contributed by atoms with Crippen molar-refractivity contribution in [1.82, 2.24) is 19.6 Å². The Labute approximate surface area is 164 Å². The van der Waals surface area contributed by atoms with Crippen LogP contribution in [0.5, 0.6) is 0 Å². The van der Waals surface area contributed by atoms with Crippen LogP contribution >= 0.6 is 22.9 Å². The molecule has 0 saturated heterocycles. The molecule has 9 heteroatoms. The molecule has 0 aliphatic heterocycles. The summed E-state index contributed by atoms with van der Waals surface area (Å²) in [6, 6.07) is 11.2. The van der Waals surface area contributed by atoms with Crippen LogP contribution in [0.3, 0.4) is 0 Å². The van der Waals surface area contributed by atoms with Crippen LogP contribution < -0.4 is 16.2 Å². The first kappa shape index (κ1) is 17.6. The van der Waals surface area contributed by atoms with E-state index >= 15 is 0 Å². The standard InChI is InChI=1S/C18H17ClN6OS/c1-11-14(19)5-2-6-15(11)20-9-12-8-16(26)25-18(22-12)23-17(24-25)21-10-13-4-3-7-27-13/h2-8,20H,9-10H2,1H3,(H2,21,22,23,24). The van der Waals surface area contributed by atoms with E-state index in [9.17, 15) is 4.79 Å². The minimum atomic E-state index is -0.212. The number of halogens is 1. The van der Waals surface area contributed by atoms with Crippen LogP contribution in [0.4, 0.5) is 11.6 Å². The Balaban J connectivity index is 1.52. The molecule has 0 bridgehead atoms. The number of thiophene rings is 1. The number of hydrogen-bond acceptors (Lipinski definition) is 6. The molecule has 3 aromatic heterocycles. The van der Waals surface area contributed by atoms with Gasteiger partial charge in [-0.2, -0.15) is 9.50 Å². The first-order valence-electron chi connectivity index (χ1n) is 8.34. The first-order chi connectivity index (χ1) is 13.1. The van der Waals surface area contributed by atoms with Gasteiger partial charge in [0.2, 0.25) is 5.95 Å². The van der Waals surface area contributed by atoms with Crippen molar-refractivity contribution >= 4 is 40.4 Å². The maximum Gasteiger partial charge on any atom is 0.274 e. The van der Waals surface area contributed by atoms with E-state index in [2.05, 4.69) is 25.7 Å². The van der Waals surface area contributed by atoms with Crippen LogP contribution in [-0.2, 0) is 13.1 Å². The lowest BCUT2D eigenvalue weighted by Gasteiger charge is -2.10. The topological polar surface area (TPSA) is 87.1 Å². The highest BCUT2D eigenvalue weighted by Gasteiger charge is 2.09. The molecule has 0 saturated carbocycles. The zero-order valence-corrected chi connectivity index (χ0v) is 16.1. The minimum Gasteiger partial charge on any atom is -0.379 e. The normalized spacial score (nSPS) is 11.0. The van der Waals surface area contributed by atoms with E-state index in [4.69, 9.17) is 11.6 Å². The molecule has 0 unspecified atom stereocenters. The van der Waals surface area contributed by atoms with E-state index in [1.165, 1.54) is 15.5 Å². The highest BCUT2D eigenvalue weighted by atomic mass is 35.5. The molecule has 0 amide bonds. The van der Waals surface area contributed by atoms with Crippen molar-refractivity contribution in [2.75, 3.05) is 10.6 Å². The molecule has 0 aliphatic rings. The number of nitrogens with one attached hydrogen (secondary N) is 3. The number of hydrogen-bond donors (Lipinski definition) is 3. The van der Waals surface area contributed by atoms with Gasteiger partial charge in [-0.05, 0) is 36.1 Å². The fraction of sp³-hybridized carbons (Fsp3) is 0.167. The molecule has 0 aliphatic carbocycles. The largest absolute Gasteiger partial charge is 0.379 e. The zero-order valence-electron chi connectivity index (χ0n) is 14.5. The van der Waals surface area contributed by atoms with Crippen molar-refractivity contribution in [3.8, 4) is 0 Å². The molecule has 4 aromatic rings. The maximum atomic E-state index is 12.4. The minimum absolute atomic E-state index is 0.212. The molecular weight excluding hydrogens is 384 g/mol. The van der Waals surface area contributed by atoms with Gasteiger partial charge in [0.1, 0.15) is 0 Å². The SMILES string of the molecule is Cc1c(Cl)cccc1NCc1cc(=O)n2[nH]c(NCc3cccs3)nc2n1. The second-order valence-corrected chi connectivity index (χ2v) is 7.43. The number of fused-ring (bicyclic) bond motifs is 1. The molecule has 0 atom stereocenters. The van der Waals surface area contributed by atoms with Crippen molar-refractivity contribution in [3.63, 3.8) is 0 Å². The van der Waals surface area contributed by atoms with Gasteiger partial charge in [-0.15, -0.1) is 11.3 Å². The molecule has 0 spiro atoms. The van der Waals surface area contributed by atoms with Crippen molar-refractivity contribution in [2.45, 2.75) is 20.0 Å². The lowest BCUT2D eigenvalue weighted by molar-refractivity contribution is 0.875. The Morgan fingerprint density at radius 3 is 2.89 bits per heavy atom. The summed E-state index contributed by atoms with van der Waals surface area (Å²) in [7, 11) is 0. The molecule has 1 aromatic carbocycles. The van der Waals surface area contributed by atoms with Gasteiger partial charge in [-0.25, -0.2) is 4.98 Å². The summed E-state index contributed by atoms with van der Waals surface area (Å²) >= 11 is 7.79. The monoisotopic (exact) mass is 400 g/mol. The maximum absolute atomic E-state index is 12.4. The highest BCUT2D eigenvalue weighted by molar-refractivity contribution is 7.09. The molecule has 0 fully saturated rings. The molecule has 0 radical (unpaired) electrons. The number of benzene rings is 1. The number of aromatic nitrogens is 4. The molecule has 27 heavy (non-hydrogen) atoms. The third-order valence-electron chi connectivity index (χ3n) is 4.12. The predicted molar refractivity (Wildman–Crippen MR) is 109 cm³/mol. The van der Waals surface area contributed by atoms with Crippen LogP contribution in [0.1, 0.15) is 16.1 Å². The van der Waals surface area contributed by atoms with Crippen LogP contribution in [-0.4, -0.2) is 19.6 Å². The average Bonchev–Trinajstić information content (AvgIpc) is 3.30. The Hall–Kier alpha value is -2.84. The Morgan fingerprint density at radius 1 is 1.19 bits per heavy atom. The van der Waals surface area contributed by atoms with E-state index in [1.54, 1.807) is 11.3 Å². The lowest BCUT2D eigenvalue weighted by Crippen LogP contribution is -2.17.